The van der Waals surface area contributed by atoms with Gasteiger partial charge in [-0.3, -0.25) is 19.7 Å². The summed E-state index contributed by atoms with van der Waals surface area (Å²) in [7, 11) is -3.79. The highest BCUT2D eigenvalue weighted by atomic mass is 32.2. The van der Waals surface area contributed by atoms with Crippen molar-refractivity contribution in [1.29, 1.82) is 0 Å². The molecule has 1 aliphatic rings. The van der Waals surface area contributed by atoms with Crippen LogP contribution in [0.15, 0.2) is 82.6 Å². The number of carboxylic acids is 1. The van der Waals surface area contributed by atoms with E-state index in [1.807, 2.05) is 49.6 Å². The van der Waals surface area contributed by atoms with Crippen LogP contribution in [0, 0.1) is 0 Å². The number of carboxylic acid groups (broad SMARTS) is 1. The Labute approximate surface area is 274 Å². The third-order valence-corrected chi connectivity index (χ3v) is 10.9. The van der Waals surface area contributed by atoms with Crippen molar-refractivity contribution >= 4 is 39.4 Å². The number of carbonyl (C=O) groups excluding carboxylic acids is 2. The summed E-state index contributed by atoms with van der Waals surface area (Å²) in [5.74, 6) is -2.39. The van der Waals surface area contributed by atoms with Crippen LogP contribution in [0.2, 0.25) is 0 Å². The summed E-state index contributed by atoms with van der Waals surface area (Å²) >= 11 is 1.37. The van der Waals surface area contributed by atoms with E-state index in [2.05, 4.69) is 22.9 Å². The first-order valence-electron chi connectivity index (χ1n) is 15.3. The number of amides is 2. The number of ether oxygens (including phenoxy) is 1. The molecule has 0 fully saturated rings. The Morgan fingerprint density at radius 1 is 1.07 bits per heavy atom. The highest BCUT2D eigenvalue weighted by Crippen LogP contribution is 2.42. The first-order valence-corrected chi connectivity index (χ1v) is 18.1. The fourth-order valence-corrected chi connectivity index (χ4v) is 8.40. The number of rotatable bonds is 14. The molecule has 10 nitrogen and oxygen atoms in total. The number of aliphatic carboxylic acids is 1. The van der Waals surface area contributed by atoms with Crippen molar-refractivity contribution in [2.75, 3.05) is 25.2 Å². The molecule has 0 aliphatic carbocycles. The summed E-state index contributed by atoms with van der Waals surface area (Å²) < 4.78 is 34.2. The largest absolute Gasteiger partial charge is 0.483 e. The second-order valence-corrected chi connectivity index (χ2v) is 14.1. The second kappa shape index (κ2) is 15.6. The molecule has 0 saturated heterocycles. The van der Waals surface area contributed by atoms with Gasteiger partial charge in [0.2, 0.25) is 5.91 Å². The Balaban J connectivity index is 1.66. The zero-order valence-electron chi connectivity index (χ0n) is 26.2. The number of sulfone groups is 1. The first-order chi connectivity index (χ1) is 22.0. The van der Waals surface area contributed by atoms with Crippen LogP contribution in [0.1, 0.15) is 68.3 Å². The van der Waals surface area contributed by atoms with Gasteiger partial charge >= 0.3 is 5.97 Å². The maximum absolute atomic E-state index is 14.1. The normalized spacial score (nSPS) is 19.2. The van der Waals surface area contributed by atoms with Gasteiger partial charge < -0.3 is 20.5 Å². The van der Waals surface area contributed by atoms with E-state index in [9.17, 15) is 22.8 Å². The van der Waals surface area contributed by atoms with Gasteiger partial charge in [0.25, 0.3) is 5.91 Å². The highest BCUT2D eigenvalue weighted by molar-refractivity contribution is 7.98. The average Bonchev–Trinajstić information content (AvgIpc) is 3.16. The number of nitrogens with one attached hydrogen (secondary N) is 3. The number of carbonyl (C=O) groups is 3. The SMILES string of the molecule is CCCCC1(CC)CS(=O)(=O)c2cc(OCC(=O)NC(C(=O)NCC(=O)O)c3ccccc3)c(SC)cc2C(c2ccccc2)N1. The molecule has 46 heavy (non-hydrogen) atoms. The third kappa shape index (κ3) is 8.48. The Hall–Kier alpha value is -3.87. The summed E-state index contributed by atoms with van der Waals surface area (Å²) in [5, 5.41) is 17.7. The molecule has 4 rings (SSSR count). The molecule has 3 aromatic carbocycles. The highest BCUT2D eigenvalue weighted by Gasteiger charge is 2.42. The fraction of sp³-hybridized carbons (Fsp3) is 0.382. The number of hydrogen-bond donors (Lipinski definition) is 4. The van der Waals surface area contributed by atoms with Crippen LogP contribution in [0.4, 0.5) is 0 Å². The van der Waals surface area contributed by atoms with Gasteiger partial charge in [0.1, 0.15) is 18.3 Å². The maximum atomic E-state index is 14.1. The summed E-state index contributed by atoms with van der Waals surface area (Å²) in [6.07, 6.45) is 5.01. The molecule has 0 spiro atoms. The van der Waals surface area contributed by atoms with Crippen LogP contribution in [0.5, 0.6) is 5.75 Å². The summed E-state index contributed by atoms with van der Waals surface area (Å²) in [6, 6.07) is 20.0. The molecule has 0 saturated carbocycles. The molecule has 246 valence electrons. The Kier molecular flexibility index (Phi) is 11.9. The van der Waals surface area contributed by atoms with Crippen LogP contribution in [-0.4, -0.2) is 62.0 Å². The van der Waals surface area contributed by atoms with E-state index in [0.29, 0.717) is 28.9 Å². The van der Waals surface area contributed by atoms with Gasteiger partial charge in [0.15, 0.2) is 16.4 Å². The fourth-order valence-electron chi connectivity index (χ4n) is 5.70. The molecule has 0 aromatic heterocycles. The molecule has 0 radical (unpaired) electrons. The predicted molar refractivity (Wildman–Crippen MR) is 178 cm³/mol. The molecule has 4 N–H and O–H groups in total. The molecule has 3 unspecified atom stereocenters. The zero-order valence-corrected chi connectivity index (χ0v) is 27.9. The molecule has 1 heterocycles. The monoisotopic (exact) mass is 667 g/mol. The minimum atomic E-state index is -3.79. The van der Waals surface area contributed by atoms with E-state index in [1.54, 1.807) is 30.3 Å². The molecule has 12 heteroatoms. The van der Waals surface area contributed by atoms with Gasteiger partial charge in [-0.25, -0.2) is 8.42 Å². The number of benzene rings is 3. The third-order valence-electron chi connectivity index (χ3n) is 8.15. The van der Waals surface area contributed by atoms with Crippen LogP contribution < -0.4 is 20.7 Å². The first kappa shape index (κ1) is 35.0. The lowest BCUT2D eigenvalue weighted by Crippen LogP contribution is -2.50. The molecule has 3 atom stereocenters. The van der Waals surface area contributed by atoms with Gasteiger partial charge in [0.05, 0.1) is 16.7 Å². The predicted octanol–water partition coefficient (Wildman–Crippen LogP) is 4.65. The van der Waals surface area contributed by atoms with E-state index in [-0.39, 0.29) is 22.4 Å². The van der Waals surface area contributed by atoms with E-state index in [1.165, 1.54) is 17.8 Å². The number of thioether (sulfide) groups is 1. The maximum Gasteiger partial charge on any atom is 0.322 e. The molecule has 2 amide bonds. The molecule has 1 aliphatic heterocycles. The molecular formula is C34H41N3O7S2. The second-order valence-electron chi connectivity index (χ2n) is 11.3. The standard InChI is InChI=1S/C34H41N3O7S2/c1-4-6-17-34(5-2)22-46(42,43)28-19-26(27(45-3)18-25(28)31(37-34)23-13-9-7-10-14-23)44-21-29(38)36-32(24-15-11-8-12-16-24)33(41)35-20-30(39)40/h7-16,18-19,31-32,37H,4-6,17,20-22H2,1-3H3,(H,35,41)(H,36,38)(H,39,40). The summed E-state index contributed by atoms with van der Waals surface area (Å²) in [6.45, 7) is 3.00. The van der Waals surface area contributed by atoms with Gasteiger partial charge in [-0.2, -0.15) is 0 Å². The lowest BCUT2D eigenvalue weighted by molar-refractivity contribution is -0.138. The van der Waals surface area contributed by atoms with Crippen molar-refractivity contribution in [3.8, 4) is 5.75 Å². The van der Waals surface area contributed by atoms with Gasteiger partial charge in [-0.1, -0.05) is 87.4 Å². The van der Waals surface area contributed by atoms with Crippen molar-refractivity contribution in [2.24, 2.45) is 0 Å². The zero-order chi connectivity index (χ0) is 33.3. The van der Waals surface area contributed by atoms with Gasteiger partial charge in [0, 0.05) is 16.5 Å². The van der Waals surface area contributed by atoms with Crippen LogP contribution in [-0.2, 0) is 24.2 Å². The molecule has 3 aromatic rings. The Morgan fingerprint density at radius 3 is 2.35 bits per heavy atom. The average molecular weight is 668 g/mol. The minimum Gasteiger partial charge on any atom is -0.483 e. The summed E-state index contributed by atoms with van der Waals surface area (Å²) in [4.78, 5) is 37.7. The van der Waals surface area contributed by atoms with Crippen molar-refractivity contribution in [1.82, 2.24) is 16.0 Å². The molecular weight excluding hydrogens is 627 g/mol. The topological polar surface area (TPSA) is 151 Å². The Bertz CT molecular complexity index is 1640. The van der Waals surface area contributed by atoms with Crippen LogP contribution in [0.3, 0.4) is 0 Å². The van der Waals surface area contributed by atoms with E-state index in [4.69, 9.17) is 9.84 Å². The number of hydrogen-bond acceptors (Lipinski definition) is 8. The minimum absolute atomic E-state index is 0.0738. The lowest BCUT2D eigenvalue weighted by atomic mass is 9.88. The van der Waals surface area contributed by atoms with E-state index in [0.717, 1.165) is 18.4 Å². The van der Waals surface area contributed by atoms with Crippen molar-refractivity contribution in [2.45, 2.75) is 66.9 Å². The van der Waals surface area contributed by atoms with Crippen molar-refractivity contribution in [3.05, 3.63) is 89.5 Å². The number of fused-ring (bicyclic) bond motifs is 1. The van der Waals surface area contributed by atoms with Crippen molar-refractivity contribution in [3.63, 3.8) is 0 Å². The summed E-state index contributed by atoms with van der Waals surface area (Å²) in [5.41, 5.74) is 1.39. The van der Waals surface area contributed by atoms with Gasteiger partial charge in [-0.05, 0) is 41.9 Å². The van der Waals surface area contributed by atoms with Gasteiger partial charge in [-0.15, -0.1) is 11.8 Å². The lowest BCUT2D eigenvalue weighted by Gasteiger charge is -2.36. The van der Waals surface area contributed by atoms with Crippen LogP contribution >= 0.6 is 11.8 Å². The quantitative estimate of drug-likeness (QED) is 0.180. The van der Waals surface area contributed by atoms with Crippen LogP contribution in [0.25, 0.3) is 0 Å². The Morgan fingerprint density at radius 2 is 1.74 bits per heavy atom. The van der Waals surface area contributed by atoms with Crippen molar-refractivity contribution < 1.29 is 32.6 Å². The van der Waals surface area contributed by atoms with E-state index < -0.39 is 52.4 Å². The molecule has 0 bridgehead atoms. The smallest absolute Gasteiger partial charge is 0.322 e. The number of unbranched alkanes of at least 4 members (excludes halogenated alkanes) is 1. The van der Waals surface area contributed by atoms with E-state index >= 15 is 0 Å².